The van der Waals surface area contributed by atoms with Crippen molar-refractivity contribution in [2.45, 2.75) is 32.6 Å². The molecule has 0 aliphatic heterocycles. The highest BCUT2D eigenvalue weighted by atomic mass is 16.2. The molecule has 0 atom stereocenters. The molecule has 23 heavy (non-hydrogen) atoms. The molecule has 3 rings (SSSR count). The van der Waals surface area contributed by atoms with E-state index in [-0.39, 0.29) is 11.2 Å². The molecule has 0 radical (unpaired) electrons. The number of aromatic nitrogens is 4. The van der Waals surface area contributed by atoms with E-state index in [0.29, 0.717) is 17.1 Å². The zero-order valence-corrected chi connectivity index (χ0v) is 14.0. The highest BCUT2D eigenvalue weighted by Crippen LogP contribution is 2.21. The van der Waals surface area contributed by atoms with E-state index >= 15 is 0 Å². The summed E-state index contributed by atoms with van der Waals surface area (Å²) in [6.45, 7) is 2.26. The second-order valence-electron chi connectivity index (χ2n) is 6.34. The Labute approximate surface area is 133 Å². The van der Waals surface area contributed by atoms with E-state index in [9.17, 15) is 9.59 Å². The Morgan fingerprint density at radius 3 is 2.39 bits per heavy atom. The van der Waals surface area contributed by atoms with Crippen LogP contribution in [0.5, 0.6) is 0 Å². The molecule has 8 heteroatoms. The number of fused-ring (bicyclic) bond motifs is 1. The molecule has 0 aromatic carbocycles. The minimum Gasteiger partial charge on any atom is -0.306 e. The van der Waals surface area contributed by atoms with Gasteiger partial charge in [0.1, 0.15) is 0 Å². The summed E-state index contributed by atoms with van der Waals surface area (Å²) in [5, 5.41) is 4.44. The van der Waals surface area contributed by atoms with Crippen LogP contribution in [-0.4, -0.2) is 24.4 Å². The summed E-state index contributed by atoms with van der Waals surface area (Å²) in [7, 11) is 4.82. The molecule has 2 aromatic heterocycles. The summed E-state index contributed by atoms with van der Waals surface area (Å²) in [5.74, 6) is 1.21. The van der Waals surface area contributed by atoms with Gasteiger partial charge in [-0.15, -0.1) is 0 Å². The van der Waals surface area contributed by atoms with Crippen molar-refractivity contribution in [3.05, 3.63) is 20.8 Å². The third-order valence-electron chi connectivity index (χ3n) is 4.64. The molecule has 2 aromatic rings. The maximum atomic E-state index is 12.3. The largest absolute Gasteiger partial charge is 0.332 e. The SMILES string of the molecule is CC1CCC(=NNc2nc3c(c(=O)n(C)c(=O)n3C)n2C)CC1. The van der Waals surface area contributed by atoms with E-state index in [1.807, 2.05) is 0 Å². The number of hydrazone groups is 1. The minimum atomic E-state index is -0.389. The molecular formula is C15H22N6O2. The zero-order chi connectivity index (χ0) is 16.7. The third-order valence-corrected chi connectivity index (χ3v) is 4.64. The number of hydrogen-bond donors (Lipinski definition) is 1. The maximum absolute atomic E-state index is 12.3. The van der Waals surface area contributed by atoms with E-state index < -0.39 is 0 Å². The van der Waals surface area contributed by atoms with Crippen LogP contribution in [0.15, 0.2) is 14.7 Å². The van der Waals surface area contributed by atoms with Crippen molar-refractivity contribution >= 4 is 22.8 Å². The standard InChI is InChI=1S/C15H22N6O2/c1-9-5-7-10(8-6-9)17-18-14-16-12-11(19(14)2)13(22)21(4)15(23)20(12)3/h9H,5-8H2,1-4H3,(H,16,18). The van der Waals surface area contributed by atoms with Crippen molar-refractivity contribution in [1.29, 1.82) is 0 Å². The molecule has 0 amide bonds. The van der Waals surface area contributed by atoms with Crippen LogP contribution in [0.1, 0.15) is 32.6 Å². The smallest absolute Gasteiger partial charge is 0.306 e. The van der Waals surface area contributed by atoms with Crippen LogP contribution in [0.25, 0.3) is 11.2 Å². The van der Waals surface area contributed by atoms with Crippen molar-refractivity contribution in [2.75, 3.05) is 5.43 Å². The van der Waals surface area contributed by atoms with E-state index in [1.165, 1.54) is 11.6 Å². The fourth-order valence-electron chi connectivity index (χ4n) is 2.95. The number of nitrogens with one attached hydrogen (secondary N) is 1. The lowest BCUT2D eigenvalue weighted by Gasteiger charge is -2.18. The zero-order valence-electron chi connectivity index (χ0n) is 14.0. The Morgan fingerprint density at radius 1 is 1.09 bits per heavy atom. The molecule has 1 aliphatic rings. The highest BCUT2D eigenvalue weighted by molar-refractivity contribution is 5.85. The first-order chi connectivity index (χ1) is 10.9. The van der Waals surface area contributed by atoms with Gasteiger partial charge in [0.25, 0.3) is 5.56 Å². The van der Waals surface area contributed by atoms with E-state index in [0.717, 1.165) is 41.9 Å². The quantitative estimate of drug-likeness (QED) is 0.835. The Morgan fingerprint density at radius 2 is 1.74 bits per heavy atom. The van der Waals surface area contributed by atoms with Gasteiger partial charge in [-0.05, 0) is 31.6 Å². The Balaban J connectivity index is 2.00. The number of anilines is 1. The van der Waals surface area contributed by atoms with Crippen molar-refractivity contribution < 1.29 is 0 Å². The van der Waals surface area contributed by atoms with Gasteiger partial charge in [-0.3, -0.25) is 13.9 Å². The fourth-order valence-corrected chi connectivity index (χ4v) is 2.95. The number of imidazole rings is 1. The lowest BCUT2D eigenvalue weighted by molar-refractivity contribution is 0.483. The first-order valence-electron chi connectivity index (χ1n) is 7.84. The second-order valence-corrected chi connectivity index (χ2v) is 6.34. The Kier molecular flexibility index (Phi) is 3.83. The van der Waals surface area contributed by atoms with Gasteiger partial charge >= 0.3 is 5.69 Å². The molecule has 0 unspecified atom stereocenters. The molecule has 1 N–H and O–H groups in total. The molecule has 0 spiro atoms. The van der Waals surface area contributed by atoms with Gasteiger partial charge in [0.15, 0.2) is 11.2 Å². The number of hydrogen-bond acceptors (Lipinski definition) is 5. The van der Waals surface area contributed by atoms with Crippen LogP contribution in [0, 0.1) is 5.92 Å². The van der Waals surface area contributed by atoms with Crippen LogP contribution >= 0.6 is 0 Å². The lowest BCUT2D eigenvalue weighted by Crippen LogP contribution is -2.37. The monoisotopic (exact) mass is 318 g/mol. The molecule has 0 saturated heterocycles. The normalized spacial score (nSPS) is 18.4. The highest BCUT2D eigenvalue weighted by Gasteiger charge is 2.17. The first-order valence-corrected chi connectivity index (χ1v) is 7.84. The van der Waals surface area contributed by atoms with Gasteiger partial charge in [-0.2, -0.15) is 10.1 Å². The van der Waals surface area contributed by atoms with Crippen LogP contribution in [0.3, 0.4) is 0 Å². The predicted octanol–water partition coefficient (Wildman–Crippen LogP) is 0.949. The average molecular weight is 318 g/mol. The lowest BCUT2D eigenvalue weighted by atomic mass is 9.90. The van der Waals surface area contributed by atoms with E-state index in [1.54, 1.807) is 18.7 Å². The molecule has 1 aliphatic carbocycles. The summed E-state index contributed by atoms with van der Waals surface area (Å²) in [5.41, 5.74) is 4.08. The summed E-state index contributed by atoms with van der Waals surface area (Å²) in [6, 6.07) is 0. The van der Waals surface area contributed by atoms with Gasteiger partial charge < -0.3 is 4.57 Å². The third kappa shape index (κ3) is 2.58. The number of aryl methyl sites for hydroxylation is 2. The molecule has 124 valence electrons. The van der Waals surface area contributed by atoms with Crippen molar-refractivity contribution in [2.24, 2.45) is 32.2 Å². The fraction of sp³-hybridized carbons (Fsp3) is 0.600. The van der Waals surface area contributed by atoms with Gasteiger partial charge in [-0.25, -0.2) is 10.2 Å². The van der Waals surface area contributed by atoms with E-state index in [4.69, 9.17) is 0 Å². The molecule has 1 fully saturated rings. The predicted molar refractivity (Wildman–Crippen MR) is 89.9 cm³/mol. The maximum Gasteiger partial charge on any atom is 0.332 e. The Hall–Kier alpha value is -2.38. The van der Waals surface area contributed by atoms with Crippen LogP contribution < -0.4 is 16.7 Å². The number of nitrogens with zero attached hydrogens (tertiary/aromatic N) is 5. The van der Waals surface area contributed by atoms with Crippen LogP contribution in [0.2, 0.25) is 0 Å². The molecule has 2 heterocycles. The van der Waals surface area contributed by atoms with Gasteiger partial charge in [0.2, 0.25) is 5.95 Å². The summed E-state index contributed by atoms with van der Waals surface area (Å²) < 4.78 is 4.10. The minimum absolute atomic E-state index is 0.356. The summed E-state index contributed by atoms with van der Waals surface area (Å²) in [6.07, 6.45) is 4.27. The van der Waals surface area contributed by atoms with Crippen LogP contribution in [0.4, 0.5) is 5.95 Å². The molecule has 0 bridgehead atoms. The Bertz CT molecular complexity index is 891. The summed E-state index contributed by atoms with van der Waals surface area (Å²) in [4.78, 5) is 28.7. The van der Waals surface area contributed by atoms with Crippen LogP contribution in [-0.2, 0) is 21.1 Å². The van der Waals surface area contributed by atoms with E-state index in [2.05, 4.69) is 22.4 Å². The first kappa shape index (κ1) is 15.5. The molecular weight excluding hydrogens is 296 g/mol. The topological polar surface area (TPSA) is 86.2 Å². The van der Waals surface area contributed by atoms with Crippen molar-refractivity contribution in [3.8, 4) is 0 Å². The van der Waals surface area contributed by atoms with Gasteiger partial charge in [0.05, 0.1) is 0 Å². The van der Waals surface area contributed by atoms with Crippen molar-refractivity contribution in [1.82, 2.24) is 18.7 Å². The second kappa shape index (κ2) is 5.68. The molecule has 1 saturated carbocycles. The van der Waals surface area contributed by atoms with Gasteiger partial charge in [-0.1, -0.05) is 6.92 Å². The average Bonchev–Trinajstić information content (AvgIpc) is 2.87. The number of rotatable bonds is 2. The van der Waals surface area contributed by atoms with Gasteiger partial charge in [0, 0.05) is 26.9 Å². The van der Waals surface area contributed by atoms with Crippen molar-refractivity contribution in [3.63, 3.8) is 0 Å². The molecule has 8 nitrogen and oxygen atoms in total. The summed E-state index contributed by atoms with van der Waals surface area (Å²) >= 11 is 0.